The monoisotopic (exact) mass is 331 g/mol. The zero-order valence-electron chi connectivity index (χ0n) is 10.6. The Morgan fingerprint density at radius 3 is 2.90 bits per heavy atom. The van der Waals surface area contributed by atoms with Crippen LogP contribution >= 0.6 is 15.9 Å². The molecule has 0 spiro atoms. The fraction of sp³-hybridized carbons (Fsp3) is 0.0667. The number of hydrogen-bond donors (Lipinski definition) is 0. The summed E-state index contributed by atoms with van der Waals surface area (Å²) in [6.07, 6.45) is 5.32. The van der Waals surface area contributed by atoms with E-state index in [2.05, 4.69) is 20.9 Å². The van der Waals surface area contributed by atoms with E-state index in [1.807, 2.05) is 36.4 Å². The molecule has 3 rings (SSSR count). The highest BCUT2D eigenvalue weighted by Crippen LogP contribution is 2.36. The molecule has 0 N–H and O–H groups in total. The zero-order valence-corrected chi connectivity index (χ0v) is 12.2. The van der Waals surface area contributed by atoms with Crippen LogP contribution in [0.5, 0.6) is 5.75 Å². The van der Waals surface area contributed by atoms with E-state index in [0.29, 0.717) is 23.0 Å². The van der Waals surface area contributed by atoms with E-state index in [1.54, 1.807) is 6.08 Å². The van der Waals surface area contributed by atoms with Gasteiger partial charge in [0.1, 0.15) is 11.4 Å². The molecular weight excluding hydrogens is 322 g/mol. The number of aliphatic imine (C=N–C) groups is 1. The first-order chi connectivity index (χ1) is 9.63. The van der Waals surface area contributed by atoms with Crippen LogP contribution in [-0.4, -0.2) is 11.7 Å². The molecule has 0 aromatic heterocycles. The molecule has 5 heteroatoms. The van der Waals surface area contributed by atoms with E-state index in [1.165, 1.54) is 6.92 Å². The number of nitrogens with zero attached hydrogens (tertiary/aromatic N) is 1. The minimum Gasteiger partial charge on any atom is -0.449 e. The fourth-order valence-electron chi connectivity index (χ4n) is 1.90. The molecule has 0 saturated heterocycles. The Labute approximate surface area is 124 Å². The van der Waals surface area contributed by atoms with Gasteiger partial charge < -0.3 is 9.47 Å². The second-order valence-corrected chi connectivity index (χ2v) is 5.13. The first-order valence-electron chi connectivity index (χ1n) is 5.97. The summed E-state index contributed by atoms with van der Waals surface area (Å²) in [5.41, 5.74) is 1.36. The third-order valence-electron chi connectivity index (χ3n) is 2.70. The summed E-state index contributed by atoms with van der Waals surface area (Å²) in [5.74, 6) is 0.996. The molecule has 2 aliphatic rings. The van der Waals surface area contributed by atoms with Crippen LogP contribution in [0.1, 0.15) is 6.92 Å². The van der Waals surface area contributed by atoms with E-state index < -0.39 is 5.97 Å². The third kappa shape index (κ3) is 2.44. The Kier molecular flexibility index (Phi) is 3.28. The van der Waals surface area contributed by atoms with Crippen LogP contribution in [0.2, 0.25) is 0 Å². The van der Waals surface area contributed by atoms with Gasteiger partial charge in [-0.25, -0.2) is 4.99 Å². The molecule has 0 unspecified atom stereocenters. The van der Waals surface area contributed by atoms with Gasteiger partial charge in [0.2, 0.25) is 0 Å². The Morgan fingerprint density at radius 2 is 2.10 bits per heavy atom. The molecule has 0 atom stereocenters. The average molecular weight is 332 g/mol. The number of rotatable bonds is 1. The third-order valence-corrected chi connectivity index (χ3v) is 3.19. The van der Waals surface area contributed by atoms with Crippen molar-refractivity contribution < 1.29 is 14.3 Å². The van der Waals surface area contributed by atoms with Crippen molar-refractivity contribution in [3.05, 3.63) is 58.5 Å². The summed E-state index contributed by atoms with van der Waals surface area (Å²) < 4.78 is 11.8. The number of esters is 1. The van der Waals surface area contributed by atoms with Crippen molar-refractivity contribution in [2.75, 3.05) is 0 Å². The van der Waals surface area contributed by atoms with Crippen molar-refractivity contribution >= 4 is 33.3 Å². The smallest absolute Gasteiger partial charge is 0.308 e. The van der Waals surface area contributed by atoms with E-state index in [4.69, 9.17) is 9.47 Å². The lowest BCUT2D eigenvalue weighted by Gasteiger charge is -2.18. The maximum atomic E-state index is 11.2. The first kappa shape index (κ1) is 12.9. The van der Waals surface area contributed by atoms with Crippen molar-refractivity contribution in [3.63, 3.8) is 0 Å². The Bertz CT molecular complexity index is 714. The molecule has 1 aliphatic heterocycles. The Balaban J connectivity index is 2.16. The second kappa shape index (κ2) is 5.09. The van der Waals surface area contributed by atoms with Gasteiger partial charge in [-0.2, -0.15) is 0 Å². The molecule has 0 radical (unpaired) electrons. The van der Waals surface area contributed by atoms with Crippen LogP contribution in [0.3, 0.4) is 0 Å². The predicted molar refractivity (Wildman–Crippen MR) is 79.1 cm³/mol. The normalized spacial score (nSPS) is 16.3. The molecule has 4 nitrogen and oxygen atoms in total. The number of carbonyl (C=O) groups is 1. The van der Waals surface area contributed by atoms with Gasteiger partial charge in [-0.1, -0.05) is 28.1 Å². The van der Waals surface area contributed by atoms with Gasteiger partial charge in [0.05, 0.1) is 0 Å². The summed E-state index contributed by atoms with van der Waals surface area (Å²) in [5, 5.41) is 0. The van der Waals surface area contributed by atoms with Crippen molar-refractivity contribution in [2.24, 2.45) is 4.99 Å². The summed E-state index contributed by atoms with van der Waals surface area (Å²) in [4.78, 5) is 15.8. The lowest BCUT2D eigenvalue weighted by molar-refractivity contribution is -0.136. The fourth-order valence-corrected chi connectivity index (χ4v) is 2.24. The van der Waals surface area contributed by atoms with Gasteiger partial charge in [-0.15, -0.1) is 0 Å². The minimum absolute atomic E-state index is 0.336. The molecule has 0 saturated carbocycles. The summed E-state index contributed by atoms with van der Waals surface area (Å²) in [6, 6.07) is 7.44. The summed E-state index contributed by atoms with van der Waals surface area (Å²) in [6.45, 7) is 1.35. The molecule has 1 aromatic rings. The molecule has 1 heterocycles. The van der Waals surface area contributed by atoms with Crippen molar-refractivity contribution in [2.45, 2.75) is 6.92 Å². The topological polar surface area (TPSA) is 47.9 Å². The minimum atomic E-state index is -0.409. The van der Waals surface area contributed by atoms with Crippen LogP contribution in [-0.2, 0) is 9.53 Å². The van der Waals surface area contributed by atoms with Gasteiger partial charge >= 0.3 is 5.97 Å². The molecule has 0 bridgehead atoms. The maximum absolute atomic E-state index is 11.2. The van der Waals surface area contributed by atoms with Crippen LogP contribution < -0.4 is 4.74 Å². The standard InChI is InChI=1S/C15H10BrNO3/c1-9(18)19-14-8-10(16)6-7-12-15(14)20-13-5-3-2-4-11(13)17-12/h2-8H,1H3. The van der Waals surface area contributed by atoms with Gasteiger partial charge in [-0.3, -0.25) is 4.79 Å². The molecule has 0 amide bonds. The maximum Gasteiger partial charge on any atom is 0.308 e. The number of hydrogen-bond acceptors (Lipinski definition) is 4. The largest absolute Gasteiger partial charge is 0.449 e. The number of fused-ring (bicyclic) bond motifs is 2. The van der Waals surface area contributed by atoms with Gasteiger partial charge in [0, 0.05) is 11.4 Å². The van der Waals surface area contributed by atoms with E-state index in [0.717, 1.165) is 10.2 Å². The predicted octanol–water partition coefficient (Wildman–Crippen LogP) is 3.77. The van der Waals surface area contributed by atoms with Crippen molar-refractivity contribution in [3.8, 4) is 5.75 Å². The number of benzene rings is 1. The number of para-hydroxylation sites is 2. The highest BCUT2D eigenvalue weighted by atomic mass is 79.9. The van der Waals surface area contributed by atoms with E-state index in [9.17, 15) is 4.79 Å². The highest BCUT2D eigenvalue weighted by molar-refractivity contribution is 9.11. The molecule has 1 aliphatic carbocycles. The van der Waals surface area contributed by atoms with Crippen LogP contribution in [0.15, 0.2) is 63.5 Å². The Morgan fingerprint density at radius 1 is 1.30 bits per heavy atom. The Hall–Kier alpha value is -2.14. The highest BCUT2D eigenvalue weighted by Gasteiger charge is 2.23. The van der Waals surface area contributed by atoms with Crippen molar-refractivity contribution in [1.29, 1.82) is 0 Å². The van der Waals surface area contributed by atoms with Crippen LogP contribution in [0.25, 0.3) is 0 Å². The molecule has 20 heavy (non-hydrogen) atoms. The summed E-state index contributed by atoms with van der Waals surface area (Å²) in [7, 11) is 0. The molecular formula is C15H10BrNO3. The van der Waals surface area contributed by atoms with Crippen LogP contribution in [0.4, 0.5) is 5.69 Å². The van der Waals surface area contributed by atoms with Gasteiger partial charge in [-0.05, 0) is 30.4 Å². The average Bonchev–Trinajstić information content (AvgIpc) is 2.56. The lowest BCUT2D eigenvalue weighted by atomic mass is 10.2. The number of ether oxygens (including phenoxy) is 2. The van der Waals surface area contributed by atoms with E-state index in [-0.39, 0.29) is 0 Å². The van der Waals surface area contributed by atoms with Gasteiger partial charge in [0.15, 0.2) is 17.3 Å². The number of carbonyl (C=O) groups excluding carboxylic acids is 1. The second-order valence-electron chi connectivity index (χ2n) is 4.22. The van der Waals surface area contributed by atoms with Gasteiger partial charge in [0.25, 0.3) is 0 Å². The quantitative estimate of drug-likeness (QED) is 0.736. The molecule has 100 valence electrons. The molecule has 1 aromatic carbocycles. The zero-order chi connectivity index (χ0) is 14.1. The SMILES string of the molecule is CC(=O)OC1=C2Oc3ccccc3N=C2C=CC(Br)=C1. The van der Waals surface area contributed by atoms with E-state index >= 15 is 0 Å². The first-order valence-corrected chi connectivity index (χ1v) is 6.77. The molecule has 0 fully saturated rings. The number of halogens is 1. The lowest BCUT2D eigenvalue weighted by Crippen LogP contribution is -2.15. The number of allylic oxidation sites excluding steroid dienone is 4. The van der Waals surface area contributed by atoms with Crippen LogP contribution in [0, 0.1) is 0 Å². The summed E-state index contributed by atoms with van der Waals surface area (Å²) >= 11 is 3.38. The van der Waals surface area contributed by atoms with Crippen molar-refractivity contribution in [1.82, 2.24) is 0 Å².